The van der Waals surface area contributed by atoms with Crippen molar-refractivity contribution in [3.63, 3.8) is 0 Å². The number of benzene rings is 2. The van der Waals surface area contributed by atoms with Crippen LogP contribution in [-0.4, -0.2) is 27.8 Å². The van der Waals surface area contributed by atoms with E-state index in [9.17, 15) is 9.90 Å². The van der Waals surface area contributed by atoms with Crippen molar-refractivity contribution in [2.24, 2.45) is 5.92 Å². The first-order chi connectivity index (χ1) is 13.8. The van der Waals surface area contributed by atoms with Crippen LogP contribution in [0.15, 0.2) is 73.3 Å². The lowest BCUT2D eigenvalue weighted by molar-refractivity contribution is -0.00278. The van der Waals surface area contributed by atoms with E-state index in [-0.39, 0.29) is 5.92 Å². The monoisotopic (exact) mass is 395 g/mol. The lowest BCUT2D eigenvalue weighted by Crippen LogP contribution is -2.43. The maximum atomic E-state index is 13.3. The molecule has 0 spiro atoms. The molecule has 0 radical (unpaired) electrons. The molecule has 0 saturated heterocycles. The van der Waals surface area contributed by atoms with Crippen molar-refractivity contribution < 1.29 is 14.6 Å². The van der Waals surface area contributed by atoms with Gasteiger partial charge in [0.25, 0.3) is 0 Å². The SMILES string of the molecule is C=C[C@@H]([C@H](O)CC)[C@@H](c1ccccc1)N(Cc1ccccc1)C(=O)OC(C)(C)C. The van der Waals surface area contributed by atoms with Crippen molar-refractivity contribution in [3.05, 3.63) is 84.4 Å². The maximum absolute atomic E-state index is 13.3. The van der Waals surface area contributed by atoms with E-state index in [4.69, 9.17) is 4.74 Å². The Bertz CT molecular complexity index is 768. The van der Waals surface area contributed by atoms with Crippen molar-refractivity contribution in [1.29, 1.82) is 0 Å². The summed E-state index contributed by atoms with van der Waals surface area (Å²) in [4.78, 5) is 15.0. The third-order valence-electron chi connectivity index (χ3n) is 4.80. The molecule has 1 N–H and O–H groups in total. The van der Waals surface area contributed by atoms with Crippen molar-refractivity contribution in [1.82, 2.24) is 4.90 Å². The van der Waals surface area contributed by atoms with Gasteiger partial charge in [-0.25, -0.2) is 4.79 Å². The quantitative estimate of drug-likeness (QED) is 0.580. The first-order valence-electron chi connectivity index (χ1n) is 10.2. The van der Waals surface area contributed by atoms with Crippen molar-refractivity contribution in [3.8, 4) is 0 Å². The van der Waals surface area contributed by atoms with Crippen LogP contribution in [0.5, 0.6) is 0 Å². The molecule has 0 aliphatic rings. The zero-order valence-corrected chi connectivity index (χ0v) is 17.9. The summed E-state index contributed by atoms with van der Waals surface area (Å²) >= 11 is 0. The highest BCUT2D eigenvalue weighted by Crippen LogP contribution is 2.35. The Morgan fingerprint density at radius 1 is 1.10 bits per heavy atom. The van der Waals surface area contributed by atoms with Crippen molar-refractivity contribution >= 4 is 6.09 Å². The summed E-state index contributed by atoms with van der Waals surface area (Å²) in [5, 5.41) is 10.7. The molecule has 0 unspecified atom stereocenters. The predicted molar refractivity (Wildman–Crippen MR) is 117 cm³/mol. The van der Waals surface area contributed by atoms with Crippen molar-refractivity contribution in [2.45, 2.75) is 58.4 Å². The summed E-state index contributed by atoms with van der Waals surface area (Å²) in [7, 11) is 0. The van der Waals surface area contributed by atoms with Crippen LogP contribution >= 0.6 is 0 Å². The molecular formula is C25H33NO3. The Balaban J connectivity index is 2.54. The van der Waals surface area contributed by atoms with E-state index in [0.717, 1.165) is 11.1 Å². The Labute approximate surface area is 174 Å². The van der Waals surface area contributed by atoms with Gasteiger partial charge in [0, 0.05) is 12.5 Å². The molecule has 0 fully saturated rings. The van der Waals surface area contributed by atoms with Crippen molar-refractivity contribution in [2.75, 3.05) is 0 Å². The lowest BCUT2D eigenvalue weighted by Gasteiger charge is -2.39. The van der Waals surface area contributed by atoms with E-state index in [2.05, 4.69) is 6.58 Å². The van der Waals surface area contributed by atoms with E-state index >= 15 is 0 Å². The lowest BCUT2D eigenvalue weighted by atomic mass is 9.86. The van der Waals surface area contributed by atoms with Gasteiger partial charge in [-0.05, 0) is 38.3 Å². The van der Waals surface area contributed by atoms with Gasteiger partial charge < -0.3 is 9.84 Å². The summed E-state index contributed by atoms with van der Waals surface area (Å²) < 4.78 is 5.75. The second-order valence-electron chi connectivity index (χ2n) is 8.24. The van der Waals surface area contributed by atoms with E-state index < -0.39 is 23.8 Å². The molecule has 2 aromatic rings. The summed E-state index contributed by atoms with van der Waals surface area (Å²) in [6, 6.07) is 19.2. The fourth-order valence-corrected chi connectivity index (χ4v) is 3.41. The molecule has 3 atom stereocenters. The van der Waals surface area contributed by atoms with Crippen LogP contribution in [0, 0.1) is 5.92 Å². The van der Waals surface area contributed by atoms with Gasteiger partial charge >= 0.3 is 6.09 Å². The second-order valence-corrected chi connectivity index (χ2v) is 8.24. The molecule has 0 saturated carbocycles. The molecule has 4 nitrogen and oxygen atoms in total. The van der Waals surface area contributed by atoms with E-state index in [1.807, 2.05) is 88.4 Å². The number of carbonyl (C=O) groups excluding carboxylic acids is 1. The molecule has 0 aromatic heterocycles. The van der Waals surface area contributed by atoms with E-state index in [1.165, 1.54) is 0 Å². The van der Waals surface area contributed by atoms with Crippen LogP contribution in [0.25, 0.3) is 0 Å². The number of ether oxygens (including phenoxy) is 1. The third kappa shape index (κ3) is 6.47. The number of rotatable bonds is 8. The maximum Gasteiger partial charge on any atom is 0.411 e. The van der Waals surface area contributed by atoms with Crippen LogP contribution in [0.3, 0.4) is 0 Å². The number of carbonyl (C=O) groups is 1. The minimum Gasteiger partial charge on any atom is -0.444 e. The summed E-state index contributed by atoms with van der Waals surface area (Å²) in [6.07, 6.45) is 1.27. The topological polar surface area (TPSA) is 49.8 Å². The summed E-state index contributed by atoms with van der Waals surface area (Å²) in [5.41, 5.74) is 1.31. The van der Waals surface area contributed by atoms with Crippen LogP contribution in [0.2, 0.25) is 0 Å². The molecule has 4 heteroatoms. The molecule has 1 amide bonds. The average Bonchev–Trinajstić information content (AvgIpc) is 2.70. The zero-order valence-electron chi connectivity index (χ0n) is 17.9. The minimum atomic E-state index is -0.626. The summed E-state index contributed by atoms with van der Waals surface area (Å²) in [6.45, 7) is 11.8. The normalized spacial score (nSPS) is 14.5. The number of amides is 1. The molecule has 0 aliphatic heterocycles. The predicted octanol–water partition coefficient (Wildman–Crippen LogP) is 5.74. The van der Waals surface area contributed by atoms with Gasteiger partial charge in [0.1, 0.15) is 5.60 Å². The van der Waals surface area contributed by atoms with Gasteiger partial charge in [-0.3, -0.25) is 4.90 Å². The van der Waals surface area contributed by atoms with Gasteiger partial charge in [0.05, 0.1) is 12.1 Å². The molecule has 29 heavy (non-hydrogen) atoms. The zero-order chi connectivity index (χ0) is 21.4. The first kappa shape index (κ1) is 22.7. The molecule has 0 aliphatic carbocycles. The number of hydrogen-bond acceptors (Lipinski definition) is 3. The Kier molecular flexibility index (Phi) is 8.03. The average molecular weight is 396 g/mol. The highest BCUT2D eigenvalue weighted by molar-refractivity contribution is 5.69. The summed E-state index contributed by atoms with van der Waals surface area (Å²) in [5.74, 6) is -0.335. The Morgan fingerprint density at radius 3 is 2.14 bits per heavy atom. The van der Waals surface area contributed by atoms with E-state index in [0.29, 0.717) is 13.0 Å². The molecule has 0 bridgehead atoms. The van der Waals surface area contributed by atoms with E-state index in [1.54, 1.807) is 11.0 Å². The second kappa shape index (κ2) is 10.3. The van der Waals surface area contributed by atoms with Gasteiger partial charge in [-0.1, -0.05) is 73.7 Å². The number of aliphatic hydroxyl groups is 1. The first-order valence-corrected chi connectivity index (χ1v) is 10.2. The molecule has 0 heterocycles. The molecular weight excluding hydrogens is 362 g/mol. The Morgan fingerprint density at radius 2 is 1.66 bits per heavy atom. The Hall–Kier alpha value is -2.59. The largest absolute Gasteiger partial charge is 0.444 e. The number of nitrogens with zero attached hydrogens (tertiary/aromatic N) is 1. The van der Waals surface area contributed by atoms with Gasteiger partial charge in [0.2, 0.25) is 0 Å². The third-order valence-corrected chi connectivity index (χ3v) is 4.80. The highest BCUT2D eigenvalue weighted by atomic mass is 16.6. The van der Waals surface area contributed by atoms with Crippen LogP contribution in [-0.2, 0) is 11.3 Å². The smallest absolute Gasteiger partial charge is 0.411 e. The molecule has 2 aromatic carbocycles. The molecule has 2 rings (SSSR count). The van der Waals surface area contributed by atoms with Crippen LogP contribution in [0.1, 0.15) is 51.3 Å². The number of aliphatic hydroxyl groups excluding tert-OH is 1. The van der Waals surface area contributed by atoms with Crippen LogP contribution in [0.4, 0.5) is 4.79 Å². The fourth-order valence-electron chi connectivity index (χ4n) is 3.41. The number of hydrogen-bond donors (Lipinski definition) is 1. The highest BCUT2D eigenvalue weighted by Gasteiger charge is 2.36. The van der Waals surface area contributed by atoms with Gasteiger partial charge in [-0.15, -0.1) is 6.58 Å². The van der Waals surface area contributed by atoms with Gasteiger partial charge in [-0.2, -0.15) is 0 Å². The molecule has 156 valence electrons. The minimum absolute atomic E-state index is 0.335. The fraction of sp³-hybridized carbons (Fsp3) is 0.400. The van der Waals surface area contributed by atoms with Gasteiger partial charge in [0.15, 0.2) is 0 Å². The standard InChI is InChI=1S/C25H33NO3/c1-6-21(22(27)7-2)23(20-16-12-9-13-17-20)26(24(28)29-25(3,4)5)18-19-14-10-8-11-15-19/h6,8-17,21-23,27H,1,7,18H2,2-5H3/t21-,22+,23+/m0/s1. The van der Waals surface area contributed by atoms with Crippen LogP contribution < -0.4 is 0 Å².